The molecule has 42 heavy (non-hydrogen) atoms. The van der Waals surface area contributed by atoms with Gasteiger partial charge in [0.15, 0.2) is 12.1 Å². The quantitative estimate of drug-likeness (QED) is 0.106. The summed E-state index contributed by atoms with van der Waals surface area (Å²) >= 11 is 5.86. The van der Waals surface area contributed by atoms with Gasteiger partial charge in [-0.25, -0.2) is 18.8 Å². The number of nitrogens with two attached hydrogens (primary N) is 1. The van der Waals surface area contributed by atoms with Gasteiger partial charge < -0.3 is 65.1 Å². The minimum Gasteiger partial charge on any atom is -0.394 e. The lowest BCUT2D eigenvalue weighted by molar-refractivity contribution is -0.292. The SMILES string of the molecule is CN(C)[C@@H]1[C@H](O)[C@@H](COP(O)(=S)OP(=O)(O)OC2OC([C@@H](O)CO)C(O)C(O)C2O)O[C@H]1c1snc2c(N)ncnc12. The molecule has 4 rings (SSSR count). The van der Waals surface area contributed by atoms with Crippen LogP contribution in [0.3, 0.4) is 0 Å². The Hall–Kier alpha value is -0.910. The summed E-state index contributed by atoms with van der Waals surface area (Å²) < 4.78 is 42.4. The molecule has 2 aliphatic heterocycles. The van der Waals surface area contributed by atoms with Crippen molar-refractivity contribution in [3.8, 4) is 0 Å². The number of hydrogen-bond donors (Lipinski definition) is 9. The highest BCUT2D eigenvalue weighted by Gasteiger charge is 2.51. The molecule has 0 bridgehead atoms. The average molecular weight is 680 g/mol. The molecule has 7 unspecified atom stereocenters. The molecule has 2 fully saturated rings. The zero-order chi connectivity index (χ0) is 31.1. The minimum absolute atomic E-state index is 0.160. The van der Waals surface area contributed by atoms with Crippen molar-refractivity contribution in [2.75, 3.05) is 33.0 Å². The third-order valence-electron chi connectivity index (χ3n) is 6.55. The Morgan fingerprint density at radius 1 is 1.12 bits per heavy atom. The van der Waals surface area contributed by atoms with Crippen molar-refractivity contribution < 1.29 is 67.8 Å². The van der Waals surface area contributed by atoms with Crippen LogP contribution < -0.4 is 5.73 Å². The predicted molar refractivity (Wildman–Crippen MR) is 145 cm³/mol. The third kappa shape index (κ3) is 7.15. The lowest BCUT2D eigenvalue weighted by Crippen LogP contribution is -2.61. The van der Waals surface area contributed by atoms with Crippen molar-refractivity contribution in [3.63, 3.8) is 0 Å². The Morgan fingerprint density at radius 2 is 1.81 bits per heavy atom. The maximum atomic E-state index is 12.6. The highest BCUT2D eigenvalue weighted by Crippen LogP contribution is 2.62. The first-order valence-electron chi connectivity index (χ1n) is 12.1. The number of nitrogen functional groups attached to an aromatic ring is 1. The van der Waals surface area contributed by atoms with E-state index < -0.39 is 88.9 Å². The topological polar surface area (TPSA) is 293 Å². The van der Waals surface area contributed by atoms with Gasteiger partial charge in [-0.15, -0.1) is 0 Å². The largest absolute Gasteiger partial charge is 0.481 e. The van der Waals surface area contributed by atoms with Crippen LogP contribution in [0.15, 0.2) is 6.33 Å². The Balaban J connectivity index is 1.42. The first-order chi connectivity index (χ1) is 19.6. The fraction of sp³-hybridized carbons (Fsp3) is 0.737. The van der Waals surface area contributed by atoms with Gasteiger partial charge in [-0.2, -0.15) is 4.37 Å². The summed E-state index contributed by atoms with van der Waals surface area (Å²) in [6.07, 6.45) is -13.6. The molecule has 0 saturated carbocycles. The number of fused-ring (bicyclic) bond motifs is 1. The number of rotatable bonds is 11. The maximum absolute atomic E-state index is 12.6. The third-order valence-corrected chi connectivity index (χ3v) is 11.0. The van der Waals surface area contributed by atoms with Crippen LogP contribution >= 0.6 is 26.1 Å². The Labute approximate surface area is 247 Å². The van der Waals surface area contributed by atoms with Crippen LogP contribution in [0.2, 0.25) is 0 Å². The number of hydrogen-bond acceptors (Lipinski definition) is 19. The summed E-state index contributed by atoms with van der Waals surface area (Å²) in [6, 6.07) is -0.655. The number of aromatic nitrogens is 3. The van der Waals surface area contributed by atoms with E-state index >= 15 is 0 Å². The van der Waals surface area contributed by atoms with E-state index in [0.29, 0.717) is 15.9 Å². The van der Waals surface area contributed by atoms with Crippen LogP contribution in [-0.2, 0) is 39.2 Å². The summed E-state index contributed by atoms with van der Waals surface area (Å²) in [4.78, 5) is 31.0. The molecule has 23 heteroatoms. The van der Waals surface area contributed by atoms with Gasteiger partial charge in [-0.05, 0) is 37.4 Å². The number of phosphoric ester groups is 1. The molecule has 2 aromatic heterocycles. The summed E-state index contributed by atoms with van der Waals surface area (Å²) in [5.41, 5.74) is 6.65. The van der Waals surface area contributed by atoms with Crippen molar-refractivity contribution in [2.45, 2.75) is 61.2 Å². The lowest BCUT2D eigenvalue weighted by Gasteiger charge is -2.41. The number of anilines is 1. The van der Waals surface area contributed by atoms with Crippen LogP contribution in [0.4, 0.5) is 5.82 Å². The van der Waals surface area contributed by atoms with Gasteiger partial charge >= 0.3 is 14.5 Å². The first kappa shape index (κ1) is 34.0. The Kier molecular flexibility index (Phi) is 10.7. The fourth-order valence-corrected chi connectivity index (χ4v) is 8.52. The summed E-state index contributed by atoms with van der Waals surface area (Å²) in [5.74, 6) is 0.160. The molecule has 19 nitrogen and oxygen atoms in total. The smallest absolute Gasteiger partial charge is 0.394 e. The van der Waals surface area contributed by atoms with Crippen molar-refractivity contribution in [1.29, 1.82) is 0 Å². The molecule has 2 saturated heterocycles. The van der Waals surface area contributed by atoms with E-state index in [9.17, 15) is 39.9 Å². The Morgan fingerprint density at radius 3 is 2.45 bits per heavy atom. The molecule has 0 aromatic carbocycles. The molecule has 0 amide bonds. The minimum atomic E-state index is -5.42. The van der Waals surface area contributed by atoms with Crippen molar-refractivity contribution in [3.05, 3.63) is 11.2 Å². The molecule has 2 aromatic rings. The van der Waals surface area contributed by atoms with Gasteiger partial charge in [0.2, 0.25) is 0 Å². The highest BCUT2D eigenvalue weighted by molar-refractivity contribution is 8.08. The predicted octanol–water partition coefficient (Wildman–Crippen LogP) is -3.07. The monoisotopic (exact) mass is 679 g/mol. The fourth-order valence-electron chi connectivity index (χ4n) is 4.52. The van der Waals surface area contributed by atoms with Gasteiger partial charge in [0.25, 0.3) is 0 Å². The second kappa shape index (κ2) is 13.2. The van der Waals surface area contributed by atoms with Gasteiger partial charge in [0.1, 0.15) is 66.2 Å². The molecule has 2 aliphatic rings. The normalized spacial score (nSPS) is 35.7. The molecular formula is C19H31N5O14P2S2. The van der Waals surface area contributed by atoms with Crippen molar-refractivity contribution in [2.24, 2.45) is 0 Å². The summed E-state index contributed by atoms with van der Waals surface area (Å²) in [5, 5.41) is 60.0. The number of likely N-dealkylation sites (N-methyl/N-ethyl adjacent to an activating group) is 1. The first-order valence-corrected chi connectivity index (χ1v) is 17.0. The second-order valence-electron chi connectivity index (χ2n) is 9.65. The van der Waals surface area contributed by atoms with E-state index in [1.165, 1.54) is 6.33 Å². The van der Waals surface area contributed by atoms with Gasteiger partial charge in [0.05, 0.1) is 24.1 Å². The van der Waals surface area contributed by atoms with Gasteiger partial charge in [0, 0.05) is 0 Å². The zero-order valence-corrected chi connectivity index (χ0v) is 25.3. The average Bonchev–Trinajstić information content (AvgIpc) is 3.48. The van der Waals surface area contributed by atoms with Crippen LogP contribution in [-0.4, -0.2) is 142 Å². The number of phosphoric acid groups is 1. The summed E-state index contributed by atoms with van der Waals surface area (Å²) in [7, 11) is -2.02. The maximum Gasteiger partial charge on any atom is 0.481 e. The van der Waals surface area contributed by atoms with Crippen LogP contribution in [0.1, 0.15) is 11.0 Å². The number of aliphatic hydroxyl groups is 6. The van der Waals surface area contributed by atoms with Crippen LogP contribution in [0.25, 0.3) is 11.0 Å². The second-order valence-corrected chi connectivity index (χ2v) is 14.8. The molecule has 0 aliphatic carbocycles. The van der Waals surface area contributed by atoms with Gasteiger partial charge in [-0.3, -0.25) is 4.52 Å². The summed E-state index contributed by atoms with van der Waals surface area (Å²) in [6.45, 7) is -6.15. The van der Waals surface area contributed by atoms with Crippen molar-refractivity contribution in [1.82, 2.24) is 19.2 Å². The molecule has 0 spiro atoms. The molecule has 238 valence electrons. The van der Waals surface area contributed by atoms with E-state index in [-0.39, 0.29) is 5.82 Å². The number of aliphatic hydroxyl groups excluding tert-OH is 6. The van der Waals surface area contributed by atoms with E-state index in [1.54, 1.807) is 19.0 Å². The molecule has 12 atom stereocenters. The van der Waals surface area contributed by atoms with Gasteiger partial charge in [-0.1, -0.05) is 0 Å². The molecule has 0 radical (unpaired) electrons. The van der Waals surface area contributed by atoms with E-state index in [4.69, 9.17) is 36.6 Å². The lowest BCUT2D eigenvalue weighted by atomic mass is 9.96. The van der Waals surface area contributed by atoms with E-state index in [2.05, 4.69) is 23.2 Å². The standard InChI is InChI=1S/C19H31N5O14P2S2/c1-24(2)10-11(27)7(35-16(10)17-8-9(23-42-17)18(20)22-5-21-8)4-34-40(33,41)38-39(31,32)37-19-14(30)12(28)13(29)15(36-19)6(26)3-25/h5-7,10-16,19,25-30H,3-4H2,1-2H3,(H,31,32)(H,33,41)(H2,20,21,22)/t6-,7+,10+,11+,12?,13?,14?,15?,16+,19?,40?/m0/s1. The highest BCUT2D eigenvalue weighted by atomic mass is 32.5. The molecule has 4 heterocycles. The van der Waals surface area contributed by atoms with E-state index in [0.717, 1.165) is 11.5 Å². The van der Waals surface area contributed by atoms with E-state index in [1.807, 2.05) is 0 Å². The van der Waals surface area contributed by atoms with Crippen LogP contribution in [0.5, 0.6) is 0 Å². The Bertz CT molecular complexity index is 1340. The molecular weight excluding hydrogens is 648 g/mol. The molecule has 10 N–H and O–H groups in total. The zero-order valence-electron chi connectivity index (χ0n) is 21.9. The number of nitrogens with zero attached hydrogens (tertiary/aromatic N) is 4. The number of ether oxygens (including phenoxy) is 2. The van der Waals surface area contributed by atoms with Crippen LogP contribution in [0, 0.1) is 0 Å². The van der Waals surface area contributed by atoms with Crippen molar-refractivity contribution >= 4 is 54.7 Å².